The Morgan fingerprint density at radius 2 is 1.43 bits per heavy atom. The third kappa shape index (κ3) is 10.2. The number of hydrogen-bond acceptors (Lipinski definition) is 11. The molecule has 0 radical (unpaired) electrons. The highest BCUT2D eigenvalue weighted by Gasteiger charge is 2.21. The van der Waals surface area contributed by atoms with Crippen LogP contribution in [0.15, 0.2) is 24.3 Å². The van der Waals surface area contributed by atoms with Gasteiger partial charge in [-0.05, 0) is 56.2 Å². The van der Waals surface area contributed by atoms with Gasteiger partial charge in [-0.3, -0.25) is 4.79 Å². The zero-order valence-corrected chi connectivity index (χ0v) is 23.2. The van der Waals surface area contributed by atoms with Gasteiger partial charge in [0, 0.05) is 37.3 Å². The van der Waals surface area contributed by atoms with Gasteiger partial charge < -0.3 is 41.6 Å². The number of nitrogens with two attached hydrogens (primary N) is 1. The molecule has 0 atom stereocenters. The van der Waals surface area contributed by atoms with Gasteiger partial charge >= 0.3 is 0 Å². The molecule has 40 heavy (non-hydrogen) atoms. The number of aliphatic hydroxyl groups is 1. The van der Waals surface area contributed by atoms with Crippen LogP contribution in [0.4, 0.5) is 17.8 Å². The Balaban J connectivity index is 1.27. The van der Waals surface area contributed by atoms with Crippen LogP contribution in [-0.2, 0) is 16.0 Å². The first-order valence-electron chi connectivity index (χ1n) is 14.5. The van der Waals surface area contributed by atoms with Gasteiger partial charge in [-0.2, -0.15) is 15.0 Å². The van der Waals surface area contributed by atoms with E-state index >= 15 is 0 Å². The van der Waals surface area contributed by atoms with Crippen molar-refractivity contribution in [3.8, 4) is 0 Å². The van der Waals surface area contributed by atoms with Gasteiger partial charge in [0.1, 0.15) is 0 Å². The number of carbonyl (C=O) groups is 1. The van der Waals surface area contributed by atoms with Crippen LogP contribution in [0.1, 0.15) is 67.3 Å². The summed E-state index contributed by atoms with van der Waals surface area (Å²) in [6, 6.07) is 8.06. The average Bonchev–Trinajstić information content (AvgIpc) is 3.48. The lowest BCUT2D eigenvalue weighted by molar-refractivity contribution is 0.0511. The molecule has 1 aromatic carbocycles. The predicted octanol–water partition coefficient (Wildman–Crippen LogP) is 2.28. The van der Waals surface area contributed by atoms with Crippen molar-refractivity contribution >= 4 is 23.8 Å². The van der Waals surface area contributed by atoms with E-state index in [1.54, 1.807) is 12.1 Å². The van der Waals surface area contributed by atoms with E-state index in [1.165, 1.54) is 12.8 Å². The van der Waals surface area contributed by atoms with Gasteiger partial charge in [-0.25, -0.2) is 0 Å². The molecule has 1 amide bonds. The topological polar surface area (TPSA) is 169 Å². The molecule has 4 rings (SSSR count). The summed E-state index contributed by atoms with van der Waals surface area (Å²) >= 11 is 0. The summed E-state index contributed by atoms with van der Waals surface area (Å²) in [5, 5.41) is 22.9. The summed E-state index contributed by atoms with van der Waals surface area (Å²) in [6.45, 7) is 3.32. The van der Waals surface area contributed by atoms with Crippen LogP contribution in [-0.4, -0.2) is 83.7 Å². The standard InChI is InChI=1S/C28H44N8O4/c29-13-15-39-17-18-40-16-14-30-25(38)21-7-5-20(6-8-21)19-31-26-34-27(32-22-3-1-2-4-22)36-28(35-26)33-23-9-11-24(37)12-10-23/h5-8,22-24,37H,1-4,9-19,29H2,(H,30,38)(H3,31,32,33,34,35,36). The van der Waals surface area contributed by atoms with Crippen molar-refractivity contribution in [1.29, 1.82) is 0 Å². The number of rotatable bonds is 16. The van der Waals surface area contributed by atoms with Crippen molar-refractivity contribution in [2.75, 3.05) is 55.5 Å². The summed E-state index contributed by atoms with van der Waals surface area (Å²) in [4.78, 5) is 26.3. The molecule has 2 saturated carbocycles. The number of ether oxygens (including phenoxy) is 2. The Labute approximate surface area is 236 Å². The number of benzene rings is 1. The van der Waals surface area contributed by atoms with Crippen LogP contribution >= 0.6 is 0 Å². The van der Waals surface area contributed by atoms with E-state index in [2.05, 4.69) is 36.2 Å². The summed E-state index contributed by atoms with van der Waals surface area (Å²) < 4.78 is 10.7. The van der Waals surface area contributed by atoms with Crippen LogP contribution in [0.5, 0.6) is 0 Å². The number of aromatic nitrogens is 3. The first kappa shape index (κ1) is 29.9. The van der Waals surface area contributed by atoms with Gasteiger partial charge in [0.05, 0.1) is 32.5 Å². The molecule has 2 aliphatic carbocycles. The molecule has 12 nitrogen and oxygen atoms in total. The lowest BCUT2D eigenvalue weighted by Crippen LogP contribution is -2.29. The monoisotopic (exact) mass is 556 g/mol. The summed E-state index contributed by atoms with van der Waals surface area (Å²) in [5.74, 6) is 1.46. The van der Waals surface area contributed by atoms with Crippen LogP contribution in [0.3, 0.4) is 0 Å². The first-order chi connectivity index (χ1) is 19.6. The maximum atomic E-state index is 12.4. The molecule has 1 aromatic heterocycles. The molecule has 0 aliphatic heterocycles. The molecule has 1 heterocycles. The first-order valence-corrected chi connectivity index (χ1v) is 14.5. The molecule has 220 valence electrons. The van der Waals surface area contributed by atoms with E-state index in [9.17, 15) is 9.90 Å². The number of anilines is 3. The summed E-state index contributed by atoms with van der Waals surface area (Å²) in [7, 11) is 0. The molecule has 0 unspecified atom stereocenters. The van der Waals surface area contributed by atoms with Gasteiger partial charge in [0.25, 0.3) is 5.91 Å². The van der Waals surface area contributed by atoms with E-state index in [-0.39, 0.29) is 18.1 Å². The van der Waals surface area contributed by atoms with E-state index in [1.807, 2.05) is 12.1 Å². The molecular formula is C28H44N8O4. The molecule has 2 aliphatic rings. The zero-order valence-electron chi connectivity index (χ0n) is 23.2. The third-order valence-corrected chi connectivity index (χ3v) is 7.19. The van der Waals surface area contributed by atoms with Gasteiger partial charge in [-0.15, -0.1) is 0 Å². The van der Waals surface area contributed by atoms with Crippen LogP contribution in [0.2, 0.25) is 0 Å². The summed E-state index contributed by atoms with van der Waals surface area (Å²) in [5.41, 5.74) is 6.95. The van der Waals surface area contributed by atoms with Crippen molar-refractivity contribution in [2.24, 2.45) is 5.73 Å². The molecule has 0 bridgehead atoms. The second kappa shape index (κ2) is 16.3. The van der Waals surface area contributed by atoms with Crippen molar-refractivity contribution in [3.05, 3.63) is 35.4 Å². The lowest BCUT2D eigenvalue weighted by atomic mass is 9.93. The normalized spacial score (nSPS) is 19.4. The number of amides is 1. The Morgan fingerprint density at radius 1 is 0.825 bits per heavy atom. The average molecular weight is 557 g/mol. The fraction of sp³-hybridized carbons (Fsp3) is 0.643. The lowest BCUT2D eigenvalue weighted by Gasteiger charge is -2.26. The van der Waals surface area contributed by atoms with Gasteiger partial charge in [0.2, 0.25) is 17.8 Å². The Bertz CT molecular complexity index is 1030. The zero-order chi connectivity index (χ0) is 28.0. The minimum Gasteiger partial charge on any atom is -0.393 e. The Hall–Kier alpha value is -3.06. The predicted molar refractivity (Wildman–Crippen MR) is 154 cm³/mol. The van der Waals surface area contributed by atoms with Crippen molar-refractivity contribution < 1.29 is 19.4 Å². The van der Waals surface area contributed by atoms with Crippen LogP contribution < -0.4 is 27.0 Å². The third-order valence-electron chi connectivity index (χ3n) is 7.19. The second-order valence-corrected chi connectivity index (χ2v) is 10.4. The fourth-order valence-electron chi connectivity index (χ4n) is 4.94. The van der Waals surface area contributed by atoms with E-state index in [0.717, 1.165) is 44.1 Å². The van der Waals surface area contributed by atoms with Crippen LogP contribution in [0, 0.1) is 0 Å². The second-order valence-electron chi connectivity index (χ2n) is 10.4. The van der Waals surface area contributed by atoms with E-state index in [0.29, 0.717) is 75.5 Å². The number of nitrogens with one attached hydrogen (secondary N) is 4. The number of hydrogen-bond donors (Lipinski definition) is 6. The number of nitrogens with zero attached hydrogens (tertiary/aromatic N) is 3. The highest BCUT2D eigenvalue weighted by Crippen LogP contribution is 2.24. The SMILES string of the molecule is NCCOCCOCCNC(=O)c1ccc(CNc2nc(NC3CCCC3)nc(NC3CCC(O)CC3)n2)cc1. The van der Waals surface area contributed by atoms with Crippen molar-refractivity contribution in [2.45, 2.75) is 76.1 Å². The molecule has 0 saturated heterocycles. The summed E-state index contributed by atoms with van der Waals surface area (Å²) in [6.07, 6.45) is 7.81. The van der Waals surface area contributed by atoms with Crippen molar-refractivity contribution in [3.63, 3.8) is 0 Å². The van der Waals surface area contributed by atoms with E-state index < -0.39 is 0 Å². The Kier molecular flexibility index (Phi) is 12.2. The maximum absolute atomic E-state index is 12.4. The van der Waals surface area contributed by atoms with Crippen LogP contribution in [0.25, 0.3) is 0 Å². The highest BCUT2D eigenvalue weighted by molar-refractivity contribution is 5.94. The Morgan fingerprint density at radius 3 is 2.08 bits per heavy atom. The molecule has 12 heteroatoms. The number of aliphatic hydroxyl groups excluding tert-OH is 1. The molecule has 7 N–H and O–H groups in total. The highest BCUT2D eigenvalue weighted by atomic mass is 16.5. The molecule has 2 fully saturated rings. The fourth-order valence-corrected chi connectivity index (χ4v) is 4.94. The minimum atomic E-state index is -0.211. The smallest absolute Gasteiger partial charge is 0.251 e. The largest absolute Gasteiger partial charge is 0.393 e. The number of carbonyl (C=O) groups excluding carboxylic acids is 1. The molecular weight excluding hydrogens is 512 g/mol. The van der Waals surface area contributed by atoms with Gasteiger partial charge in [-0.1, -0.05) is 25.0 Å². The molecule has 2 aromatic rings. The minimum absolute atomic E-state index is 0.145. The quantitative estimate of drug-likeness (QED) is 0.168. The molecule has 0 spiro atoms. The van der Waals surface area contributed by atoms with Crippen molar-refractivity contribution in [1.82, 2.24) is 20.3 Å². The maximum Gasteiger partial charge on any atom is 0.251 e. The van der Waals surface area contributed by atoms with E-state index in [4.69, 9.17) is 15.2 Å². The van der Waals surface area contributed by atoms with Gasteiger partial charge in [0.15, 0.2) is 0 Å².